The van der Waals surface area contributed by atoms with Crippen LogP contribution in [-0.4, -0.2) is 34.4 Å². The molecule has 0 amide bonds. The van der Waals surface area contributed by atoms with Gasteiger partial charge in [-0.05, 0) is 19.3 Å². The summed E-state index contributed by atoms with van der Waals surface area (Å²) in [5.41, 5.74) is 0. The van der Waals surface area contributed by atoms with Gasteiger partial charge in [-0.15, -0.1) is 12.4 Å². The maximum absolute atomic E-state index is 10.8. The molecule has 5 heteroatoms. The predicted molar refractivity (Wildman–Crippen MR) is 48.9 cm³/mol. The Morgan fingerprint density at radius 3 is 2.69 bits per heavy atom. The molecule has 2 aliphatic heterocycles. The lowest BCUT2D eigenvalue weighted by atomic mass is 9.89. The molecule has 0 aromatic carbocycles. The zero-order valence-electron chi connectivity index (χ0n) is 7.14. The van der Waals surface area contributed by atoms with Crippen molar-refractivity contribution in [3.8, 4) is 0 Å². The minimum absolute atomic E-state index is 0. The Balaban J connectivity index is 0.000000845. The molecule has 0 radical (unpaired) electrons. The summed E-state index contributed by atoms with van der Waals surface area (Å²) in [6.45, 7) is 0. The van der Waals surface area contributed by atoms with Crippen molar-refractivity contribution >= 4 is 18.4 Å². The SMILES string of the molecule is Cl.O=C(O)[C@H]1[C@@H](O)C[C@@H]2CC[C@H]1N2. The van der Waals surface area contributed by atoms with E-state index in [4.69, 9.17) is 5.11 Å². The van der Waals surface area contributed by atoms with Crippen molar-refractivity contribution in [3.05, 3.63) is 0 Å². The summed E-state index contributed by atoms with van der Waals surface area (Å²) in [5.74, 6) is -1.47. The highest BCUT2D eigenvalue weighted by atomic mass is 35.5. The standard InChI is InChI=1S/C8H13NO3.ClH/c10-6-3-4-1-2-5(9-4)7(6)8(11)12;/h4-7,9-10H,1-3H2,(H,11,12);1H/t4-,5+,6-,7+;/m0./s1. The first-order valence-electron chi connectivity index (χ1n) is 4.35. The quantitative estimate of drug-likeness (QED) is 0.566. The number of piperidine rings is 1. The van der Waals surface area contributed by atoms with Gasteiger partial charge in [-0.1, -0.05) is 0 Å². The molecule has 3 N–H and O–H groups in total. The Bertz CT molecular complexity index is 212. The molecule has 2 bridgehead atoms. The first-order valence-corrected chi connectivity index (χ1v) is 4.35. The summed E-state index contributed by atoms with van der Waals surface area (Å²) in [4.78, 5) is 10.8. The van der Waals surface area contributed by atoms with E-state index in [1.165, 1.54) is 0 Å². The average Bonchev–Trinajstić information content (AvgIpc) is 2.31. The maximum atomic E-state index is 10.8. The van der Waals surface area contributed by atoms with Crippen LogP contribution in [0.2, 0.25) is 0 Å². The van der Waals surface area contributed by atoms with Gasteiger partial charge >= 0.3 is 5.97 Å². The van der Waals surface area contributed by atoms with Gasteiger partial charge in [0.2, 0.25) is 0 Å². The van der Waals surface area contributed by atoms with Gasteiger partial charge in [-0.2, -0.15) is 0 Å². The topological polar surface area (TPSA) is 69.6 Å². The van der Waals surface area contributed by atoms with E-state index in [1.807, 2.05) is 0 Å². The smallest absolute Gasteiger partial charge is 0.310 e. The van der Waals surface area contributed by atoms with E-state index < -0.39 is 18.0 Å². The Hall–Kier alpha value is -0.320. The Morgan fingerprint density at radius 2 is 2.08 bits per heavy atom. The third kappa shape index (κ3) is 1.80. The van der Waals surface area contributed by atoms with Crippen molar-refractivity contribution < 1.29 is 15.0 Å². The second kappa shape index (κ2) is 3.82. The largest absolute Gasteiger partial charge is 0.481 e. The molecular weight excluding hydrogens is 194 g/mol. The summed E-state index contributed by atoms with van der Waals surface area (Å²) < 4.78 is 0. The molecule has 13 heavy (non-hydrogen) atoms. The highest BCUT2D eigenvalue weighted by Gasteiger charge is 2.44. The highest BCUT2D eigenvalue weighted by molar-refractivity contribution is 5.85. The summed E-state index contributed by atoms with van der Waals surface area (Å²) in [5, 5.41) is 21.5. The number of hydrogen-bond donors (Lipinski definition) is 3. The molecule has 2 saturated heterocycles. The van der Waals surface area contributed by atoms with E-state index in [0.717, 1.165) is 12.8 Å². The van der Waals surface area contributed by atoms with Crippen LogP contribution < -0.4 is 5.32 Å². The van der Waals surface area contributed by atoms with Crippen molar-refractivity contribution in [2.75, 3.05) is 0 Å². The van der Waals surface area contributed by atoms with Gasteiger partial charge in [0, 0.05) is 12.1 Å². The first kappa shape index (κ1) is 10.8. The monoisotopic (exact) mass is 207 g/mol. The van der Waals surface area contributed by atoms with Crippen LogP contribution in [-0.2, 0) is 4.79 Å². The number of carbonyl (C=O) groups is 1. The number of fused-ring (bicyclic) bond motifs is 2. The van der Waals surface area contributed by atoms with Crippen LogP contribution in [0.5, 0.6) is 0 Å². The molecule has 0 aromatic rings. The Labute approximate surface area is 82.7 Å². The van der Waals surface area contributed by atoms with E-state index >= 15 is 0 Å². The molecule has 4 nitrogen and oxygen atoms in total. The van der Waals surface area contributed by atoms with Crippen molar-refractivity contribution in [3.63, 3.8) is 0 Å². The fraction of sp³-hybridized carbons (Fsp3) is 0.875. The Kier molecular flexibility index (Phi) is 3.16. The third-order valence-corrected chi connectivity index (χ3v) is 2.94. The lowest BCUT2D eigenvalue weighted by Gasteiger charge is -2.31. The van der Waals surface area contributed by atoms with Gasteiger partial charge in [-0.25, -0.2) is 0 Å². The minimum atomic E-state index is -0.875. The lowest BCUT2D eigenvalue weighted by molar-refractivity contribution is -0.148. The molecule has 0 aromatic heterocycles. The summed E-state index contributed by atoms with van der Waals surface area (Å²) in [7, 11) is 0. The van der Waals surface area contributed by atoms with Gasteiger partial charge in [0.25, 0.3) is 0 Å². The molecule has 0 unspecified atom stereocenters. The van der Waals surface area contributed by atoms with Crippen molar-refractivity contribution in [2.45, 2.75) is 37.5 Å². The molecule has 2 rings (SSSR count). The summed E-state index contributed by atoms with van der Waals surface area (Å²) in [6.07, 6.45) is 1.83. The lowest BCUT2D eigenvalue weighted by Crippen LogP contribution is -2.51. The van der Waals surface area contributed by atoms with Crippen LogP contribution >= 0.6 is 12.4 Å². The predicted octanol–water partition coefficient (Wildman–Crippen LogP) is -0.00580. The minimum Gasteiger partial charge on any atom is -0.481 e. The van der Waals surface area contributed by atoms with E-state index in [-0.39, 0.29) is 18.4 Å². The number of rotatable bonds is 1. The van der Waals surface area contributed by atoms with E-state index in [9.17, 15) is 9.90 Å². The zero-order valence-corrected chi connectivity index (χ0v) is 7.96. The normalized spacial score (nSPS) is 42.5. The van der Waals surface area contributed by atoms with E-state index in [2.05, 4.69) is 5.32 Å². The molecule has 0 spiro atoms. The summed E-state index contributed by atoms with van der Waals surface area (Å²) >= 11 is 0. The molecule has 0 saturated carbocycles. The van der Waals surface area contributed by atoms with Gasteiger partial charge in [0.1, 0.15) is 0 Å². The van der Waals surface area contributed by atoms with Gasteiger partial charge in [-0.3, -0.25) is 4.79 Å². The second-order valence-corrected chi connectivity index (χ2v) is 3.71. The number of hydrogen-bond acceptors (Lipinski definition) is 3. The fourth-order valence-corrected chi connectivity index (χ4v) is 2.36. The van der Waals surface area contributed by atoms with Crippen molar-refractivity contribution in [1.82, 2.24) is 5.32 Å². The number of aliphatic carboxylic acids is 1. The van der Waals surface area contributed by atoms with E-state index in [1.54, 1.807) is 0 Å². The molecule has 0 aliphatic carbocycles. The highest BCUT2D eigenvalue weighted by Crippen LogP contribution is 2.31. The average molecular weight is 208 g/mol. The van der Waals surface area contributed by atoms with Gasteiger partial charge < -0.3 is 15.5 Å². The molecule has 2 heterocycles. The third-order valence-electron chi connectivity index (χ3n) is 2.94. The van der Waals surface area contributed by atoms with Crippen LogP contribution in [0.15, 0.2) is 0 Å². The Morgan fingerprint density at radius 1 is 1.38 bits per heavy atom. The van der Waals surface area contributed by atoms with Crippen molar-refractivity contribution in [2.24, 2.45) is 5.92 Å². The number of aliphatic hydroxyl groups excluding tert-OH is 1. The van der Waals surface area contributed by atoms with Crippen LogP contribution in [0, 0.1) is 5.92 Å². The maximum Gasteiger partial charge on any atom is 0.310 e. The van der Waals surface area contributed by atoms with Crippen LogP contribution in [0.4, 0.5) is 0 Å². The van der Waals surface area contributed by atoms with Crippen LogP contribution in [0.3, 0.4) is 0 Å². The second-order valence-electron chi connectivity index (χ2n) is 3.71. The molecule has 2 aliphatic rings. The summed E-state index contributed by atoms with van der Waals surface area (Å²) in [6, 6.07) is 0.344. The zero-order chi connectivity index (χ0) is 8.72. The number of halogens is 1. The van der Waals surface area contributed by atoms with Crippen LogP contribution in [0.25, 0.3) is 0 Å². The van der Waals surface area contributed by atoms with Crippen LogP contribution in [0.1, 0.15) is 19.3 Å². The number of carboxylic acids is 1. The molecular formula is C8H14ClNO3. The molecule has 76 valence electrons. The first-order chi connectivity index (χ1) is 5.68. The van der Waals surface area contributed by atoms with Gasteiger partial charge in [0.05, 0.1) is 12.0 Å². The van der Waals surface area contributed by atoms with Crippen molar-refractivity contribution in [1.29, 1.82) is 0 Å². The number of aliphatic hydroxyl groups is 1. The fourth-order valence-electron chi connectivity index (χ4n) is 2.36. The number of carboxylic acid groups (broad SMARTS) is 1. The molecule has 4 atom stereocenters. The molecule has 2 fully saturated rings. The number of nitrogens with one attached hydrogen (secondary N) is 1. The van der Waals surface area contributed by atoms with E-state index in [0.29, 0.717) is 12.5 Å². The van der Waals surface area contributed by atoms with Gasteiger partial charge in [0.15, 0.2) is 0 Å².